The summed E-state index contributed by atoms with van der Waals surface area (Å²) in [6.45, 7) is 2.86. The van der Waals surface area contributed by atoms with Crippen molar-refractivity contribution in [2.45, 2.75) is 45.0 Å². The molecule has 0 aliphatic carbocycles. The van der Waals surface area contributed by atoms with Crippen molar-refractivity contribution in [2.75, 3.05) is 12.5 Å². The predicted octanol–water partition coefficient (Wildman–Crippen LogP) is 2.55. The van der Waals surface area contributed by atoms with Gasteiger partial charge in [-0.25, -0.2) is 0 Å². The molecule has 72 valence electrons. The predicted molar refractivity (Wildman–Crippen MR) is 49.5 cm³/mol. The van der Waals surface area contributed by atoms with E-state index in [2.05, 4.69) is 6.92 Å². The van der Waals surface area contributed by atoms with Crippen molar-refractivity contribution in [1.82, 2.24) is 0 Å². The minimum atomic E-state index is 0.0142. The number of ether oxygens (including phenoxy) is 2. The minimum Gasteiger partial charge on any atom is -0.350 e. The Morgan fingerprint density at radius 2 is 2.25 bits per heavy atom. The van der Waals surface area contributed by atoms with E-state index >= 15 is 0 Å². The summed E-state index contributed by atoms with van der Waals surface area (Å²) in [4.78, 5) is 0. The van der Waals surface area contributed by atoms with E-state index in [0.717, 1.165) is 6.42 Å². The molecule has 0 saturated carbocycles. The van der Waals surface area contributed by atoms with E-state index in [1.807, 2.05) is 0 Å². The van der Waals surface area contributed by atoms with Crippen molar-refractivity contribution in [3.63, 3.8) is 0 Å². The van der Waals surface area contributed by atoms with Gasteiger partial charge in [-0.2, -0.15) is 0 Å². The molecule has 0 aromatic carbocycles. The highest BCUT2D eigenvalue weighted by Gasteiger charge is 2.24. The van der Waals surface area contributed by atoms with Gasteiger partial charge in [-0.1, -0.05) is 19.8 Å². The molecule has 2 nitrogen and oxygen atoms in total. The molecule has 1 aliphatic rings. The fourth-order valence-electron chi connectivity index (χ4n) is 1.30. The van der Waals surface area contributed by atoms with Crippen LogP contribution in [-0.4, -0.2) is 24.9 Å². The van der Waals surface area contributed by atoms with Gasteiger partial charge in [0.05, 0.1) is 18.6 Å². The molecular weight excluding hydrogens is 176 g/mol. The van der Waals surface area contributed by atoms with Gasteiger partial charge >= 0.3 is 0 Å². The first kappa shape index (κ1) is 10.3. The number of halogens is 1. The molecule has 0 aromatic rings. The molecule has 0 N–H and O–H groups in total. The van der Waals surface area contributed by atoms with E-state index in [0.29, 0.717) is 12.5 Å². The van der Waals surface area contributed by atoms with Crippen LogP contribution in [0.15, 0.2) is 0 Å². The zero-order valence-corrected chi connectivity index (χ0v) is 8.35. The van der Waals surface area contributed by atoms with Crippen LogP contribution in [-0.2, 0) is 9.47 Å². The summed E-state index contributed by atoms with van der Waals surface area (Å²) >= 11 is 5.63. The first-order valence-electron chi connectivity index (χ1n) is 4.69. The first-order valence-corrected chi connectivity index (χ1v) is 5.23. The molecule has 1 rings (SSSR count). The van der Waals surface area contributed by atoms with Crippen molar-refractivity contribution >= 4 is 11.6 Å². The second-order valence-corrected chi connectivity index (χ2v) is 3.48. The van der Waals surface area contributed by atoms with Crippen molar-refractivity contribution < 1.29 is 9.47 Å². The highest BCUT2D eigenvalue weighted by atomic mass is 35.5. The Balaban J connectivity index is 2.03. The summed E-state index contributed by atoms with van der Waals surface area (Å²) in [5, 5.41) is 0. The molecule has 0 amide bonds. The number of hydrogen-bond donors (Lipinski definition) is 0. The normalized spacial score (nSPS) is 29.5. The van der Waals surface area contributed by atoms with Gasteiger partial charge in [0.1, 0.15) is 0 Å². The summed E-state index contributed by atoms with van der Waals surface area (Å²) in [5.41, 5.74) is 0. The minimum absolute atomic E-state index is 0.0142. The zero-order valence-electron chi connectivity index (χ0n) is 7.59. The van der Waals surface area contributed by atoms with Gasteiger partial charge in [-0.3, -0.25) is 0 Å². The second kappa shape index (κ2) is 5.79. The number of hydrogen-bond acceptors (Lipinski definition) is 2. The highest BCUT2D eigenvalue weighted by molar-refractivity contribution is 6.18. The van der Waals surface area contributed by atoms with Crippen molar-refractivity contribution in [3.05, 3.63) is 0 Å². The monoisotopic (exact) mass is 192 g/mol. The van der Waals surface area contributed by atoms with Crippen molar-refractivity contribution in [2.24, 2.45) is 0 Å². The molecule has 0 spiro atoms. The molecule has 3 heteroatoms. The Morgan fingerprint density at radius 1 is 1.42 bits per heavy atom. The third kappa shape index (κ3) is 3.30. The van der Waals surface area contributed by atoms with E-state index in [9.17, 15) is 0 Å². The Morgan fingerprint density at radius 3 is 2.83 bits per heavy atom. The molecule has 1 saturated heterocycles. The summed E-state index contributed by atoms with van der Waals surface area (Å²) in [6, 6.07) is 0. The van der Waals surface area contributed by atoms with Gasteiger partial charge in [-0.15, -0.1) is 11.6 Å². The summed E-state index contributed by atoms with van der Waals surface area (Å²) in [7, 11) is 0. The lowest BCUT2D eigenvalue weighted by Crippen LogP contribution is -2.13. The lowest BCUT2D eigenvalue weighted by Gasteiger charge is -2.08. The zero-order chi connectivity index (χ0) is 8.81. The highest BCUT2D eigenvalue weighted by Crippen LogP contribution is 2.17. The fraction of sp³-hybridized carbons (Fsp3) is 1.00. The van der Waals surface area contributed by atoms with E-state index in [4.69, 9.17) is 21.1 Å². The third-order valence-electron chi connectivity index (χ3n) is 2.03. The lowest BCUT2D eigenvalue weighted by molar-refractivity contribution is -0.0598. The van der Waals surface area contributed by atoms with Gasteiger partial charge in [-0.05, 0) is 12.8 Å². The van der Waals surface area contributed by atoms with Gasteiger partial charge in [0.2, 0.25) is 0 Å². The van der Waals surface area contributed by atoms with E-state index in [1.165, 1.54) is 19.3 Å². The summed E-state index contributed by atoms with van der Waals surface area (Å²) in [6.07, 6.45) is 4.84. The van der Waals surface area contributed by atoms with Gasteiger partial charge < -0.3 is 9.47 Å². The molecule has 2 unspecified atom stereocenters. The van der Waals surface area contributed by atoms with Crippen LogP contribution >= 0.6 is 11.6 Å². The maximum Gasteiger partial charge on any atom is 0.158 e. The molecule has 2 atom stereocenters. The fourth-order valence-corrected chi connectivity index (χ4v) is 1.46. The molecular formula is C9H17ClO2. The molecule has 12 heavy (non-hydrogen) atoms. The Hall–Kier alpha value is 0.210. The van der Waals surface area contributed by atoms with Gasteiger partial charge in [0.15, 0.2) is 6.29 Å². The van der Waals surface area contributed by atoms with Crippen LogP contribution < -0.4 is 0 Å². The SMILES string of the molecule is CCCCCC1OCC(CCl)O1. The van der Waals surface area contributed by atoms with Crippen molar-refractivity contribution in [3.8, 4) is 0 Å². The second-order valence-electron chi connectivity index (χ2n) is 3.17. The van der Waals surface area contributed by atoms with Crippen LogP contribution in [0.25, 0.3) is 0 Å². The lowest BCUT2D eigenvalue weighted by atomic mass is 10.2. The van der Waals surface area contributed by atoms with Crippen LogP contribution in [0.1, 0.15) is 32.6 Å². The van der Waals surface area contributed by atoms with Gasteiger partial charge in [0, 0.05) is 0 Å². The maximum absolute atomic E-state index is 5.63. The molecule has 1 fully saturated rings. The quantitative estimate of drug-likeness (QED) is 0.493. The number of rotatable bonds is 5. The Kier molecular flexibility index (Phi) is 4.96. The van der Waals surface area contributed by atoms with Crippen molar-refractivity contribution in [1.29, 1.82) is 0 Å². The Labute approximate surface area is 79.2 Å². The average molecular weight is 193 g/mol. The van der Waals surface area contributed by atoms with Crippen LogP contribution in [0.3, 0.4) is 0 Å². The smallest absolute Gasteiger partial charge is 0.158 e. The topological polar surface area (TPSA) is 18.5 Å². The molecule has 0 radical (unpaired) electrons. The molecule has 0 bridgehead atoms. The Bertz CT molecular complexity index is 119. The summed E-state index contributed by atoms with van der Waals surface area (Å²) in [5.74, 6) is 0.546. The molecule has 1 aliphatic heterocycles. The standard InChI is InChI=1S/C9H17ClO2/c1-2-3-4-5-9-11-7-8(6-10)12-9/h8-9H,2-7H2,1H3. The van der Waals surface area contributed by atoms with E-state index < -0.39 is 0 Å². The largest absolute Gasteiger partial charge is 0.350 e. The van der Waals surface area contributed by atoms with Crippen LogP contribution in [0, 0.1) is 0 Å². The van der Waals surface area contributed by atoms with Crippen LogP contribution in [0.4, 0.5) is 0 Å². The van der Waals surface area contributed by atoms with E-state index in [1.54, 1.807) is 0 Å². The van der Waals surface area contributed by atoms with Crippen LogP contribution in [0.2, 0.25) is 0 Å². The maximum atomic E-state index is 5.63. The summed E-state index contributed by atoms with van der Waals surface area (Å²) < 4.78 is 10.9. The number of alkyl halides is 1. The van der Waals surface area contributed by atoms with E-state index in [-0.39, 0.29) is 12.4 Å². The van der Waals surface area contributed by atoms with Gasteiger partial charge in [0.25, 0.3) is 0 Å². The average Bonchev–Trinajstić information content (AvgIpc) is 2.53. The first-order chi connectivity index (χ1) is 5.86. The number of unbranched alkanes of at least 4 members (excludes halogenated alkanes) is 2. The third-order valence-corrected chi connectivity index (χ3v) is 2.37. The molecule has 1 heterocycles. The molecule has 0 aromatic heterocycles. The van der Waals surface area contributed by atoms with Crippen LogP contribution in [0.5, 0.6) is 0 Å².